The second-order valence-corrected chi connectivity index (χ2v) is 13.1. The van der Waals surface area contributed by atoms with Crippen LogP contribution in [0.2, 0.25) is 23.2 Å². The summed E-state index contributed by atoms with van der Waals surface area (Å²) in [4.78, 5) is 12.7. The van der Waals surface area contributed by atoms with Crippen LogP contribution in [0, 0.1) is 0 Å². The molecular formula is C21H27ClO4Si. The Kier molecular flexibility index (Phi) is 6.27. The van der Waals surface area contributed by atoms with Gasteiger partial charge in [-0.15, -0.1) is 0 Å². The van der Waals surface area contributed by atoms with Crippen molar-refractivity contribution in [3.63, 3.8) is 0 Å². The Balaban J connectivity index is 2.80. The number of methoxy groups -OCH3 is 1. The van der Waals surface area contributed by atoms with Gasteiger partial charge in [-0.1, -0.05) is 51.1 Å². The molecule has 0 aliphatic carbocycles. The van der Waals surface area contributed by atoms with Gasteiger partial charge in [0.1, 0.15) is 23.7 Å². The van der Waals surface area contributed by atoms with Gasteiger partial charge in [-0.25, -0.2) is 4.79 Å². The van der Waals surface area contributed by atoms with E-state index >= 15 is 0 Å². The number of rotatable bonds is 6. The molecule has 0 aliphatic rings. The standard InChI is InChI=1S/C21H27ClO4Si/c1-8-11-25-19-16-13-15(22)10-9-14(16)12-17(18(19)20(23)24-5)26-27(6,7)21(2,3)4/h8-10,12-13H,1,11H2,2-7H3. The zero-order valence-corrected chi connectivity index (χ0v) is 18.6. The average molecular weight is 407 g/mol. The molecule has 2 aromatic rings. The van der Waals surface area contributed by atoms with Crippen molar-refractivity contribution < 1.29 is 18.7 Å². The number of hydrogen-bond acceptors (Lipinski definition) is 4. The molecule has 0 radical (unpaired) electrons. The van der Waals surface area contributed by atoms with Gasteiger partial charge in [-0.2, -0.15) is 0 Å². The molecule has 0 aliphatic heterocycles. The summed E-state index contributed by atoms with van der Waals surface area (Å²) in [5, 5.41) is 2.13. The average Bonchev–Trinajstić information content (AvgIpc) is 2.57. The number of benzene rings is 2. The molecular weight excluding hydrogens is 380 g/mol. The van der Waals surface area contributed by atoms with E-state index in [0.717, 1.165) is 10.8 Å². The van der Waals surface area contributed by atoms with Crippen LogP contribution >= 0.6 is 11.6 Å². The molecule has 146 valence electrons. The third-order valence-corrected chi connectivity index (χ3v) is 9.50. The predicted octanol–water partition coefficient (Wildman–Crippen LogP) is 6.23. The molecule has 0 aromatic heterocycles. The summed E-state index contributed by atoms with van der Waals surface area (Å²) < 4.78 is 17.4. The van der Waals surface area contributed by atoms with E-state index in [1.54, 1.807) is 18.2 Å². The predicted molar refractivity (Wildman–Crippen MR) is 114 cm³/mol. The Labute approximate surface area is 167 Å². The fourth-order valence-electron chi connectivity index (χ4n) is 2.41. The van der Waals surface area contributed by atoms with Gasteiger partial charge in [-0.3, -0.25) is 0 Å². The van der Waals surface area contributed by atoms with Gasteiger partial charge in [0.15, 0.2) is 0 Å². The number of hydrogen-bond donors (Lipinski definition) is 0. The minimum Gasteiger partial charge on any atom is -0.543 e. The molecule has 0 saturated heterocycles. The highest BCUT2D eigenvalue weighted by molar-refractivity contribution is 6.74. The smallest absolute Gasteiger partial charge is 0.345 e. The van der Waals surface area contributed by atoms with Crippen molar-refractivity contribution in [2.24, 2.45) is 0 Å². The van der Waals surface area contributed by atoms with Gasteiger partial charge in [0.05, 0.1) is 7.11 Å². The maximum atomic E-state index is 12.7. The number of carbonyl (C=O) groups excluding carboxylic acids is 1. The van der Waals surface area contributed by atoms with Crippen LogP contribution in [0.15, 0.2) is 36.9 Å². The van der Waals surface area contributed by atoms with Crippen LogP contribution in [-0.4, -0.2) is 28.0 Å². The highest BCUT2D eigenvalue weighted by Crippen LogP contribution is 2.43. The van der Waals surface area contributed by atoms with E-state index in [-0.39, 0.29) is 17.2 Å². The number of carbonyl (C=O) groups is 1. The molecule has 27 heavy (non-hydrogen) atoms. The van der Waals surface area contributed by atoms with E-state index in [9.17, 15) is 4.79 Å². The van der Waals surface area contributed by atoms with E-state index in [1.807, 2.05) is 12.1 Å². The fourth-order valence-corrected chi connectivity index (χ4v) is 3.60. The Morgan fingerprint density at radius 1 is 1.26 bits per heavy atom. The molecule has 0 heterocycles. The second kappa shape index (κ2) is 7.95. The molecule has 6 heteroatoms. The van der Waals surface area contributed by atoms with Gasteiger partial charge in [0.2, 0.25) is 0 Å². The summed E-state index contributed by atoms with van der Waals surface area (Å²) in [6.07, 6.45) is 1.62. The van der Waals surface area contributed by atoms with Crippen LogP contribution in [0.25, 0.3) is 10.8 Å². The number of ether oxygens (including phenoxy) is 2. The third kappa shape index (κ3) is 4.47. The molecule has 0 spiro atoms. The van der Waals surface area contributed by atoms with E-state index in [2.05, 4.69) is 40.4 Å². The van der Waals surface area contributed by atoms with Crippen LogP contribution in [0.1, 0.15) is 31.1 Å². The van der Waals surface area contributed by atoms with Gasteiger partial charge in [-0.05, 0) is 41.7 Å². The van der Waals surface area contributed by atoms with Crippen molar-refractivity contribution in [3.05, 3.63) is 47.5 Å². The van der Waals surface area contributed by atoms with Gasteiger partial charge >= 0.3 is 5.97 Å². The molecule has 0 fully saturated rings. The SMILES string of the molecule is C=CCOc1c(C(=O)OC)c(O[Si](C)(C)C(C)(C)C)cc2ccc(Cl)cc12. The summed E-state index contributed by atoms with van der Waals surface area (Å²) in [5.41, 5.74) is 0.277. The summed E-state index contributed by atoms with van der Waals surface area (Å²) in [7, 11) is -0.853. The Morgan fingerprint density at radius 3 is 2.48 bits per heavy atom. The van der Waals surface area contributed by atoms with E-state index < -0.39 is 14.3 Å². The van der Waals surface area contributed by atoms with E-state index in [4.69, 9.17) is 25.5 Å². The Morgan fingerprint density at radius 2 is 1.93 bits per heavy atom. The zero-order valence-electron chi connectivity index (χ0n) is 16.8. The van der Waals surface area contributed by atoms with Crippen molar-refractivity contribution in [2.45, 2.75) is 38.9 Å². The lowest BCUT2D eigenvalue weighted by Gasteiger charge is -2.37. The highest BCUT2D eigenvalue weighted by Gasteiger charge is 2.40. The quantitative estimate of drug-likeness (QED) is 0.324. The second-order valence-electron chi connectivity index (χ2n) is 7.90. The third-order valence-electron chi connectivity index (χ3n) is 4.93. The normalized spacial score (nSPS) is 12.0. The number of halogens is 1. The minimum atomic E-state index is -2.20. The van der Waals surface area contributed by atoms with Crippen LogP contribution < -0.4 is 9.16 Å². The number of fused-ring (bicyclic) bond motifs is 1. The first-order valence-electron chi connectivity index (χ1n) is 8.79. The van der Waals surface area contributed by atoms with Gasteiger partial charge < -0.3 is 13.9 Å². The van der Waals surface area contributed by atoms with Gasteiger partial charge in [0.25, 0.3) is 8.32 Å². The first-order chi connectivity index (χ1) is 12.5. The maximum absolute atomic E-state index is 12.7. The molecule has 2 rings (SSSR count). The first-order valence-corrected chi connectivity index (χ1v) is 12.1. The van der Waals surface area contributed by atoms with Crippen molar-refractivity contribution >= 4 is 36.7 Å². The minimum absolute atomic E-state index is 0.0303. The fraction of sp³-hybridized carbons (Fsp3) is 0.381. The maximum Gasteiger partial charge on any atom is 0.345 e. The Hall–Kier alpha value is -1.98. The topological polar surface area (TPSA) is 44.8 Å². The molecule has 0 N–H and O–H groups in total. The zero-order chi connectivity index (χ0) is 20.4. The van der Waals surface area contributed by atoms with E-state index in [1.165, 1.54) is 7.11 Å². The van der Waals surface area contributed by atoms with Crippen LogP contribution in [0.3, 0.4) is 0 Å². The Bertz CT molecular complexity index is 869. The lowest BCUT2D eigenvalue weighted by molar-refractivity contribution is 0.0594. The van der Waals surface area contributed by atoms with Crippen LogP contribution in [0.5, 0.6) is 11.5 Å². The van der Waals surface area contributed by atoms with Crippen LogP contribution in [-0.2, 0) is 4.74 Å². The van der Waals surface area contributed by atoms with Crippen molar-refractivity contribution in [3.8, 4) is 11.5 Å². The molecule has 0 amide bonds. The molecule has 0 unspecified atom stereocenters. The van der Waals surface area contributed by atoms with Crippen molar-refractivity contribution in [1.82, 2.24) is 0 Å². The summed E-state index contributed by atoms with van der Waals surface area (Å²) >= 11 is 6.18. The monoisotopic (exact) mass is 406 g/mol. The summed E-state index contributed by atoms with van der Waals surface area (Å²) in [6.45, 7) is 14.6. The van der Waals surface area contributed by atoms with Crippen LogP contribution in [0.4, 0.5) is 0 Å². The van der Waals surface area contributed by atoms with E-state index in [0.29, 0.717) is 16.5 Å². The van der Waals surface area contributed by atoms with Crippen molar-refractivity contribution in [2.75, 3.05) is 13.7 Å². The first kappa shape index (κ1) is 21.3. The largest absolute Gasteiger partial charge is 0.543 e. The van der Waals surface area contributed by atoms with Crippen molar-refractivity contribution in [1.29, 1.82) is 0 Å². The highest BCUT2D eigenvalue weighted by atomic mass is 35.5. The lowest BCUT2D eigenvalue weighted by Crippen LogP contribution is -2.44. The molecule has 2 aromatic carbocycles. The molecule has 0 bridgehead atoms. The molecule has 4 nitrogen and oxygen atoms in total. The number of esters is 1. The molecule has 0 saturated carbocycles. The van der Waals surface area contributed by atoms with Gasteiger partial charge in [0, 0.05) is 10.4 Å². The molecule has 0 atom stereocenters. The summed E-state index contributed by atoms with van der Waals surface area (Å²) in [5.74, 6) is 0.363. The lowest BCUT2D eigenvalue weighted by atomic mass is 10.0. The summed E-state index contributed by atoms with van der Waals surface area (Å²) in [6, 6.07) is 7.32.